The number of rotatable bonds is 4. The lowest BCUT2D eigenvalue weighted by Gasteiger charge is -2.17. The number of benzene rings is 1. The molecule has 112 valence electrons. The quantitative estimate of drug-likeness (QED) is 0.855. The fraction of sp³-hybridized carbons (Fsp3) is 0.333. The zero-order valence-corrected chi connectivity index (χ0v) is 11.1. The number of hydrogen-bond acceptors (Lipinski definition) is 4. The van der Waals surface area contributed by atoms with Crippen molar-refractivity contribution in [3.8, 4) is 0 Å². The standard InChI is InChI=1S/C12H12F3N5O/c1-19(11(21)7-20-8-16-17-18-20)6-9-3-2-4-10(5-9)12(13,14)15/h2-5,8H,6-7H2,1H3. The molecule has 0 bridgehead atoms. The molecule has 0 spiro atoms. The lowest BCUT2D eigenvalue weighted by atomic mass is 10.1. The van der Waals surface area contributed by atoms with Crippen LogP contribution in [0.3, 0.4) is 0 Å². The van der Waals surface area contributed by atoms with Crippen LogP contribution in [0.1, 0.15) is 11.1 Å². The van der Waals surface area contributed by atoms with E-state index < -0.39 is 11.7 Å². The Morgan fingerprint density at radius 2 is 2.14 bits per heavy atom. The average Bonchev–Trinajstić information content (AvgIpc) is 2.91. The summed E-state index contributed by atoms with van der Waals surface area (Å²) >= 11 is 0. The van der Waals surface area contributed by atoms with Crippen LogP contribution in [0.25, 0.3) is 0 Å². The number of tetrazole rings is 1. The fourth-order valence-corrected chi connectivity index (χ4v) is 1.72. The van der Waals surface area contributed by atoms with Crippen molar-refractivity contribution in [3.05, 3.63) is 41.7 Å². The van der Waals surface area contributed by atoms with Crippen molar-refractivity contribution in [2.45, 2.75) is 19.3 Å². The van der Waals surface area contributed by atoms with Crippen LogP contribution in [0.2, 0.25) is 0 Å². The van der Waals surface area contributed by atoms with Gasteiger partial charge in [-0.15, -0.1) is 5.10 Å². The van der Waals surface area contributed by atoms with Gasteiger partial charge in [0.2, 0.25) is 5.91 Å². The first-order valence-corrected chi connectivity index (χ1v) is 5.97. The summed E-state index contributed by atoms with van der Waals surface area (Å²) in [4.78, 5) is 13.2. The highest BCUT2D eigenvalue weighted by molar-refractivity contribution is 5.75. The average molecular weight is 299 g/mol. The molecule has 0 atom stereocenters. The number of aromatic nitrogens is 4. The number of alkyl halides is 3. The van der Waals surface area contributed by atoms with Gasteiger partial charge in [0.25, 0.3) is 0 Å². The number of halogens is 3. The van der Waals surface area contributed by atoms with Crippen molar-refractivity contribution in [1.82, 2.24) is 25.1 Å². The first-order valence-electron chi connectivity index (χ1n) is 5.97. The van der Waals surface area contributed by atoms with Crippen molar-refractivity contribution < 1.29 is 18.0 Å². The third-order valence-corrected chi connectivity index (χ3v) is 2.79. The number of nitrogens with zero attached hydrogens (tertiary/aromatic N) is 5. The first kappa shape index (κ1) is 14.9. The highest BCUT2D eigenvalue weighted by Crippen LogP contribution is 2.29. The van der Waals surface area contributed by atoms with Crippen molar-refractivity contribution >= 4 is 5.91 Å². The summed E-state index contributed by atoms with van der Waals surface area (Å²) in [5, 5.41) is 10.3. The molecule has 1 aromatic heterocycles. The van der Waals surface area contributed by atoms with E-state index in [1.807, 2.05) is 0 Å². The van der Waals surface area contributed by atoms with Crippen LogP contribution in [0.15, 0.2) is 30.6 Å². The van der Waals surface area contributed by atoms with E-state index in [2.05, 4.69) is 15.5 Å². The van der Waals surface area contributed by atoms with Gasteiger partial charge < -0.3 is 4.90 Å². The molecule has 1 aromatic carbocycles. The summed E-state index contributed by atoms with van der Waals surface area (Å²) < 4.78 is 39.1. The summed E-state index contributed by atoms with van der Waals surface area (Å²) in [6.45, 7) is 0.00728. The van der Waals surface area contributed by atoms with Crippen molar-refractivity contribution in [2.24, 2.45) is 0 Å². The van der Waals surface area contributed by atoms with Crippen molar-refractivity contribution in [3.63, 3.8) is 0 Å². The van der Waals surface area contributed by atoms with Gasteiger partial charge in [-0.2, -0.15) is 13.2 Å². The Labute approximate surface area is 118 Å². The Hall–Kier alpha value is -2.45. The Kier molecular flexibility index (Phi) is 4.20. The third-order valence-electron chi connectivity index (χ3n) is 2.79. The molecule has 0 saturated heterocycles. The van der Waals surface area contributed by atoms with Crippen molar-refractivity contribution in [2.75, 3.05) is 7.05 Å². The molecule has 0 aliphatic carbocycles. The third kappa shape index (κ3) is 4.01. The summed E-state index contributed by atoms with van der Waals surface area (Å²) in [6.07, 6.45) is -3.11. The highest BCUT2D eigenvalue weighted by Gasteiger charge is 2.30. The highest BCUT2D eigenvalue weighted by atomic mass is 19.4. The minimum Gasteiger partial charge on any atom is -0.340 e. The van der Waals surface area contributed by atoms with Gasteiger partial charge in [0, 0.05) is 13.6 Å². The van der Waals surface area contributed by atoms with Crippen LogP contribution in [-0.4, -0.2) is 38.1 Å². The van der Waals surface area contributed by atoms with Gasteiger partial charge in [0.15, 0.2) is 0 Å². The number of hydrogen-bond donors (Lipinski definition) is 0. The second-order valence-electron chi connectivity index (χ2n) is 4.46. The van der Waals surface area contributed by atoms with Gasteiger partial charge in [-0.3, -0.25) is 4.79 Å². The molecular formula is C12H12F3N5O. The Balaban J connectivity index is 2.02. The van der Waals surface area contributed by atoms with E-state index in [1.54, 1.807) is 0 Å². The number of carbonyl (C=O) groups is 1. The minimum absolute atomic E-state index is 0.0670. The Morgan fingerprint density at radius 1 is 1.38 bits per heavy atom. The van der Waals surface area contributed by atoms with Crippen LogP contribution in [0.4, 0.5) is 13.2 Å². The predicted octanol–water partition coefficient (Wildman–Crippen LogP) is 1.35. The lowest BCUT2D eigenvalue weighted by molar-refractivity contribution is -0.137. The van der Waals surface area contributed by atoms with Crippen molar-refractivity contribution in [1.29, 1.82) is 0 Å². The second-order valence-corrected chi connectivity index (χ2v) is 4.46. The maximum absolute atomic E-state index is 12.6. The monoisotopic (exact) mass is 299 g/mol. The maximum Gasteiger partial charge on any atom is 0.416 e. The molecule has 0 radical (unpaired) electrons. The summed E-state index contributed by atoms with van der Waals surface area (Å²) in [7, 11) is 1.51. The normalized spacial score (nSPS) is 11.4. The maximum atomic E-state index is 12.6. The molecule has 1 heterocycles. The zero-order chi connectivity index (χ0) is 15.5. The van der Waals surface area contributed by atoms with E-state index in [0.29, 0.717) is 5.56 Å². The summed E-state index contributed by atoms with van der Waals surface area (Å²) in [5.74, 6) is -0.306. The molecule has 0 aliphatic heterocycles. The summed E-state index contributed by atoms with van der Waals surface area (Å²) in [6, 6.07) is 4.88. The summed E-state index contributed by atoms with van der Waals surface area (Å²) in [5.41, 5.74) is -0.335. The van der Waals surface area contributed by atoms with Crippen LogP contribution >= 0.6 is 0 Å². The topological polar surface area (TPSA) is 63.9 Å². The molecular weight excluding hydrogens is 287 g/mol. The molecule has 0 unspecified atom stereocenters. The number of likely N-dealkylation sites (N-methyl/N-ethyl adjacent to an activating group) is 1. The van der Waals surface area contributed by atoms with E-state index in [9.17, 15) is 18.0 Å². The molecule has 1 amide bonds. The molecule has 0 fully saturated rings. The van der Waals surface area contributed by atoms with Gasteiger partial charge >= 0.3 is 6.18 Å². The number of carbonyl (C=O) groups excluding carboxylic acids is 1. The Morgan fingerprint density at radius 3 is 2.76 bits per heavy atom. The molecule has 9 heteroatoms. The van der Waals surface area contributed by atoms with Gasteiger partial charge in [0.1, 0.15) is 12.9 Å². The molecule has 0 N–H and O–H groups in total. The molecule has 0 aliphatic rings. The van der Waals surface area contributed by atoms with E-state index in [1.165, 1.54) is 35.1 Å². The second kappa shape index (κ2) is 5.90. The molecule has 6 nitrogen and oxygen atoms in total. The van der Waals surface area contributed by atoms with Gasteiger partial charge in [-0.05, 0) is 28.1 Å². The zero-order valence-electron chi connectivity index (χ0n) is 11.1. The Bertz CT molecular complexity index is 612. The van der Waals surface area contributed by atoms with E-state index >= 15 is 0 Å². The van der Waals surface area contributed by atoms with E-state index in [0.717, 1.165) is 12.1 Å². The molecule has 21 heavy (non-hydrogen) atoms. The van der Waals surface area contributed by atoms with Crippen LogP contribution in [0.5, 0.6) is 0 Å². The van der Waals surface area contributed by atoms with E-state index in [4.69, 9.17) is 0 Å². The first-order chi connectivity index (χ1) is 9.86. The lowest BCUT2D eigenvalue weighted by Crippen LogP contribution is -2.30. The number of amides is 1. The molecule has 2 aromatic rings. The van der Waals surface area contributed by atoms with Gasteiger partial charge in [-0.25, -0.2) is 4.68 Å². The van der Waals surface area contributed by atoms with Gasteiger partial charge in [-0.1, -0.05) is 12.1 Å². The predicted molar refractivity (Wildman–Crippen MR) is 65.7 cm³/mol. The van der Waals surface area contributed by atoms with Crippen LogP contribution < -0.4 is 0 Å². The molecule has 2 rings (SSSR count). The van der Waals surface area contributed by atoms with Gasteiger partial charge in [0.05, 0.1) is 5.56 Å². The minimum atomic E-state index is -4.40. The molecule has 0 saturated carbocycles. The SMILES string of the molecule is CN(Cc1cccc(C(F)(F)F)c1)C(=O)Cn1cnnn1. The largest absolute Gasteiger partial charge is 0.416 e. The smallest absolute Gasteiger partial charge is 0.340 e. The fourth-order valence-electron chi connectivity index (χ4n) is 1.72. The van der Waals surface area contributed by atoms with Crippen LogP contribution in [-0.2, 0) is 24.1 Å². The van der Waals surface area contributed by atoms with Crippen LogP contribution in [0, 0.1) is 0 Å². The van der Waals surface area contributed by atoms with E-state index in [-0.39, 0.29) is 19.0 Å².